The summed E-state index contributed by atoms with van der Waals surface area (Å²) in [5, 5.41) is 2.78. The second-order valence-corrected chi connectivity index (χ2v) is 10.7. The van der Waals surface area contributed by atoms with Crippen LogP contribution in [-0.4, -0.2) is 49.9 Å². The van der Waals surface area contributed by atoms with Gasteiger partial charge in [0.1, 0.15) is 5.69 Å². The number of likely N-dealkylation sites (tertiary alicyclic amines) is 1. The molecule has 0 aliphatic carbocycles. The zero-order valence-corrected chi connectivity index (χ0v) is 21.1. The fraction of sp³-hybridized carbons (Fsp3) is 0.280. The predicted molar refractivity (Wildman–Crippen MR) is 140 cm³/mol. The number of anilines is 1. The molecule has 2 aromatic carbocycles. The van der Waals surface area contributed by atoms with Gasteiger partial charge in [0.15, 0.2) is 4.34 Å². The molecule has 2 aromatic heterocycles. The number of thioether (sulfide) groups is 1. The maximum absolute atomic E-state index is 13.0. The second-order valence-electron chi connectivity index (χ2n) is 8.43. The molecule has 1 saturated heterocycles. The first kappa shape index (κ1) is 23.4. The molecule has 8 nitrogen and oxygen atoms in total. The van der Waals surface area contributed by atoms with Gasteiger partial charge in [0.2, 0.25) is 5.91 Å². The molecule has 0 radical (unpaired) electrons. The molecule has 1 aliphatic rings. The Morgan fingerprint density at radius 2 is 1.86 bits per heavy atom. The van der Waals surface area contributed by atoms with E-state index in [1.165, 1.54) is 27.8 Å². The highest BCUT2D eigenvalue weighted by molar-refractivity contribution is 8.01. The summed E-state index contributed by atoms with van der Waals surface area (Å²) in [6.45, 7) is 3.42. The molecular weight excluding hydrogens is 482 g/mol. The molecule has 1 N–H and O–H groups in total. The number of hydrogen-bond acceptors (Lipinski definition) is 6. The standard InChI is InChI=1S/C25H25N5O3S2/c1-16-22(24(33)30(28(16)2)18-8-4-3-5-9-18)27-21(31)15-34-25-26-19-14-17(10-11-20(19)35-25)23(32)29-12-6-7-13-29/h3-5,8-11,14H,6-7,12-13,15H2,1-2H3,(H,27,31). The molecular formula is C25H25N5O3S2. The first-order chi connectivity index (χ1) is 16.9. The van der Waals surface area contributed by atoms with Crippen LogP contribution in [0.3, 0.4) is 0 Å². The number of amides is 2. The summed E-state index contributed by atoms with van der Waals surface area (Å²) in [6, 6.07) is 14.9. The zero-order chi connectivity index (χ0) is 24.5. The molecule has 10 heteroatoms. The third kappa shape index (κ3) is 4.63. The summed E-state index contributed by atoms with van der Waals surface area (Å²) in [6.07, 6.45) is 2.10. The van der Waals surface area contributed by atoms with Crippen LogP contribution in [-0.2, 0) is 11.8 Å². The van der Waals surface area contributed by atoms with Crippen molar-refractivity contribution in [3.8, 4) is 5.69 Å². The number of benzene rings is 2. The molecule has 0 unspecified atom stereocenters. The Bertz CT molecular complexity index is 1470. The van der Waals surface area contributed by atoms with Gasteiger partial charge in [0.05, 0.1) is 27.4 Å². The monoisotopic (exact) mass is 507 g/mol. The summed E-state index contributed by atoms with van der Waals surface area (Å²) >= 11 is 2.80. The third-order valence-corrected chi connectivity index (χ3v) is 8.33. The fourth-order valence-electron chi connectivity index (χ4n) is 4.22. The number of rotatable bonds is 6. The van der Waals surface area contributed by atoms with Crippen LogP contribution < -0.4 is 10.9 Å². The molecule has 2 amide bonds. The van der Waals surface area contributed by atoms with Crippen LogP contribution in [0.1, 0.15) is 28.9 Å². The maximum atomic E-state index is 13.0. The quantitative estimate of drug-likeness (QED) is 0.398. The number of hydrogen-bond donors (Lipinski definition) is 1. The minimum Gasteiger partial charge on any atom is -0.339 e. The first-order valence-electron chi connectivity index (χ1n) is 11.4. The lowest BCUT2D eigenvalue weighted by Gasteiger charge is -2.14. The normalized spacial score (nSPS) is 13.5. The summed E-state index contributed by atoms with van der Waals surface area (Å²) in [7, 11) is 1.79. The lowest BCUT2D eigenvalue weighted by atomic mass is 10.2. The van der Waals surface area contributed by atoms with E-state index in [-0.39, 0.29) is 28.8 Å². The second kappa shape index (κ2) is 9.71. The van der Waals surface area contributed by atoms with Crippen LogP contribution in [0.5, 0.6) is 0 Å². The van der Waals surface area contributed by atoms with Gasteiger partial charge in [-0.1, -0.05) is 30.0 Å². The van der Waals surface area contributed by atoms with Crippen molar-refractivity contribution in [3.63, 3.8) is 0 Å². The number of carbonyl (C=O) groups excluding carboxylic acids is 2. The average Bonchev–Trinajstić information content (AvgIpc) is 3.59. The average molecular weight is 508 g/mol. The van der Waals surface area contributed by atoms with Gasteiger partial charge >= 0.3 is 0 Å². The van der Waals surface area contributed by atoms with Crippen molar-refractivity contribution in [1.82, 2.24) is 19.2 Å². The van der Waals surface area contributed by atoms with Crippen LogP contribution >= 0.6 is 23.1 Å². The van der Waals surface area contributed by atoms with E-state index in [9.17, 15) is 14.4 Å². The predicted octanol–water partition coefficient (Wildman–Crippen LogP) is 4.06. The molecule has 1 fully saturated rings. The SMILES string of the molecule is Cc1c(NC(=O)CSc2nc3cc(C(=O)N4CCCC4)ccc3s2)c(=O)n(-c2ccccc2)n1C. The maximum Gasteiger partial charge on any atom is 0.295 e. The van der Waals surface area contributed by atoms with Crippen molar-refractivity contribution in [1.29, 1.82) is 0 Å². The summed E-state index contributed by atoms with van der Waals surface area (Å²) in [5.74, 6) is -0.103. The molecule has 180 valence electrons. The Balaban J connectivity index is 1.27. The van der Waals surface area contributed by atoms with E-state index < -0.39 is 0 Å². The van der Waals surface area contributed by atoms with E-state index in [1.54, 1.807) is 18.7 Å². The van der Waals surface area contributed by atoms with Gasteiger partial charge in [-0.25, -0.2) is 9.67 Å². The summed E-state index contributed by atoms with van der Waals surface area (Å²) < 4.78 is 4.98. The molecule has 3 heterocycles. The molecule has 0 spiro atoms. The Morgan fingerprint density at radius 1 is 1.11 bits per heavy atom. The molecule has 4 aromatic rings. The highest BCUT2D eigenvalue weighted by atomic mass is 32.2. The van der Waals surface area contributed by atoms with Gasteiger partial charge in [-0.2, -0.15) is 0 Å². The molecule has 35 heavy (non-hydrogen) atoms. The number of para-hydroxylation sites is 1. The fourth-order valence-corrected chi connectivity index (χ4v) is 6.07. The molecule has 0 atom stereocenters. The van der Waals surface area contributed by atoms with Gasteiger partial charge in [-0.3, -0.25) is 19.1 Å². The third-order valence-electron chi connectivity index (χ3n) is 6.15. The molecule has 1 aliphatic heterocycles. The van der Waals surface area contributed by atoms with Gasteiger partial charge in [-0.15, -0.1) is 11.3 Å². The van der Waals surface area contributed by atoms with Crippen molar-refractivity contribution < 1.29 is 9.59 Å². The minimum absolute atomic E-state index is 0.0466. The van der Waals surface area contributed by atoms with E-state index in [1.807, 2.05) is 53.4 Å². The highest BCUT2D eigenvalue weighted by Crippen LogP contribution is 2.30. The van der Waals surface area contributed by atoms with Gasteiger partial charge in [-0.05, 0) is 50.1 Å². The van der Waals surface area contributed by atoms with Crippen molar-refractivity contribution in [2.75, 3.05) is 24.2 Å². The summed E-state index contributed by atoms with van der Waals surface area (Å²) in [5.41, 5.74) is 2.81. The Kier molecular flexibility index (Phi) is 6.48. The molecule has 5 rings (SSSR count). The van der Waals surface area contributed by atoms with E-state index in [0.29, 0.717) is 11.3 Å². The van der Waals surface area contributed by atoms with Crippen LogP contribution in [0.4, 0.5) is 5.69 Å². The zero-order valence-electron chi connectivity index (χ0n) is 19.5. The van der Waals surface area contributed by atoms with Gasteiger partial charge < -0.3 is 10.2 Å². The van der Waals surface area contributed by atoms with E-state index in [2.05, 4.69) is 10.3 Å². The summed E-state index contributed by atoms with van der Waals surface area (Å²) in [4.78, 5) is 44.9. The number of carbonyl (C=O) groups is 2. The van der Waals surface area contributed by atoms with Crippen molar-refractivity contribution in [2.45, 2.75) is 24.1 Å². The Morgan fingerprint density at radius 3 is 2.60 bits per heavy atom. The number of nitrogens with zero attached hydrogens (tertiary/aromatic N) is 4. The van der Waals surface area contributed by atoms with Crippen molar-refractivity contribution in [2.24, 2.45) is 7.05 Å². The number of nitrogens with one attached hydrogen (secondary N) is 1. The minimum atomic E-state index is -0.273. The van der Waals surface area contributed by atoms with Crippen LogP contribution in [0.15, 0.2) is 57.7 Å². The smallest absolute Gasteiger partial charge is 0.295 e. The Hall–Kier alpha value is -3.37. The topological polar surface area (TPSA) is 89.2 Å². The van der Waals surface area contributed by atoms with Crippen LogP contribution in [0, 0.1) is 6.92 Å². The number of aromatic nitrogens is 3. The van der Waals surface area contributed by atoms with Crippen molar-refractivity contribution in [3.05, 3.63) is 70.1 Å². The molecule has 0 saturated carbocycles. The van der Waals surface area contributed by atoms with E-state index >= 15 is 0 Å². The van der Waals surface area contributed by atoms with Gasteiger partial charge in [0, 0.05) is 25.7 Å². The lowest BCUT2D eigenvalue weighted by molar-refractivity contribution is -0.113. The van der Waals surface area contributed by atoms with Gasteiger partial charge in [0.25, 0.3) is 11.5 Å². The van der Waals surface area contributed by atoms with Crippen LogP contribution in [0.2, 0.25) is 0 Å². The number of fused-ring (bicyclic) bond motifs is 1. The Labute approximate surface area is 210 Å². The first-order valence-corrected chi connectivity index (χ1v) is 13.2. The largest absolute Gasteiger partial charge is 0.339 e. The molecule has 0 bridgehead atoms. The van der Waals surface area contributed by atoms with Crippen LogP contribution in [0.25, 0.3) is 15.9 Å². The lowest BCUT2D eigenvalue weighted by Crippen LogP contribution is -2.27. The van der Waals surface area contributed by atoms with E-state index in [0.717, 1.165) is 46.2 Å². The van der Waals surface area contributed by atoms with E-state index in [4.69, 9.17) is 0 Å². The highest BCUT2D eigenvalue weighted by Gasteiger charge is 2.21. The number of thiazole rings is 1. The van der Waals surface area contributed by atoms with Crippen molar-refractivity contribution >= 4 is 50.8 Å².